The third kappa shape index (κ3) is 3.44. The highest BCUT2D eigenvalue weighted by Gasteiger charge is 2.11. The van der Waals surface area contributed by atoms with Gasteiger partial charge in [-0.05, 0) is 36.4 Å². The topological polar surface area (TPSA) is 95.4 Å². The summed E-state index contributed by atoms with van der Waals surface area (Å²) in [6.45, 7) is 0. The van der Waals surface area contributed by atoms with Gasteiger partial charge in [-0.25, -0.2) is 13.6 Å². The van der Waals surface area contributed by atoms with Gasteiger partial charge in [0.25, 0.3) is 0 Å². The minimum absolute atomic E-state index is 0.00462. The second-order valence-electron chi connectivity index (χ2n) is 4.03. The maximum atomic E-state index is 11.2. The molecular weight excluding hydrogens is 296 g/mol. The summed E-state index contributed by atoms with van der Waals surface area (Å²) in [4.78, 5) is 1.70. The molecule has 0 aromatic heterocycles. The molecule has 4 N–H and O–H groups in total. The van der Waals surface area contributed by atoms with Crippen molar-refractivity contribution in [1.82, 2.24) is 0 Å². The van der Waals surface area contributed by atoms with Crippen LogP contribution < -0.4 is 15.6 Å². The van der Waals surface area contributed by atoms with E-state index in [-0.39, 0.29) is 4.90 Å². The van der Waals surface area contributed by atoms with Crippen molar-refractivity contribution < 1.29 is 13.2 Å². The summed E-state index contributed by atoms with van der Waals surface area (Å²) in [7, 11) is -2.14. The first kappa shape index (κ1) is 14.7. The van der Waals surface area contributed by atoms with E-state index in [4.69, 9.17) is 15.6 Å². The van der Waals surface area contributed by atoms with Gasteiger partial charge in [0.15, 0.2) is 0 Å². The number of hydrogen-bond acceptors (Lipinski definition) is 5. The third-order valence-corrected chi connectivity index (χ3v) is 4.57. The summed E-state index contributed by atoms with van der Waals surface area (Å²) < 4.78 is 27.6. The van der Waals surface area contributed by atoms with Crippen LogP contribution in [0.25, 0.3) is 0 Å². The average molecular weight is 310 g/mol. The molecule has 7 heteroatoms. The summed E-state index contributed by atoms with van der Waals surface area (Å²) in [6, 6.07) is 11.9. The van der Waals surface area contributed by atoms with E-state index in [0.29, 0.717) is 5.69 Å². The molecule has 2 rings (SSSR count). The average Bonchev–Trinajstić information content (AvgIpc) is 2.40. The fourth-order valence-corrected chi connectivity index (χ4v) is 3.03. The molecule has 106 valence electrons. The number of rotatable bonds is 4. The monoisotopic (exact) mass is 310 g/mol. The van der Waals surface area contributed by atoms with Crippen molar-refractivity contribution in [3.8, 4) is 5.75 Å². The molecule has 0 bridgehead atoms. The van der Waals surface area contributed by atoms with Gasteiger partial charge < -0.3 is 10.5 Å². The molecule has 0 unspecified atom stereocenters. The van der Waals surface area contributed by atoms with Crippen LogP contribution >= 0.6 is 11.8 Å². The molecule has 0 aliphatic rings. The van der Waals surface area contributed by atoms with Crippen LogP contribution in [-0.2, 0) is 10.0 Å². The van der Waals surface area contributed by atoms with Crippen LogP contribution in [0.15, 0.2) is 57.2 Å². The molecule has 2 aromatic carbocycles. The predicted molar refractivity (Wildman–Crippen MR) is 79.3 cm³/mol. The van der Waals surface area contributed by atoms with Gasteiger partial charge in [-0.15, -0.1) is 0 Å². The second-order valence-corrected chi connectivity index (χ2v) is 6.70. The Morgan fingerprint density at radius 2 is 1.90 bits per heavy atom. The fraction of sp³-hybridized carbons (Fsp3) is 0.0769. The number of hydrogen-bond donors (Lipinski definition) is 2. The van der Waals surface area contributed by atoms with Gasteiger partial charge in [0.1, 0.15) is 5.75 Å². The van der Waals surface area contributed by atoms with Crippen molar-refractivity contribution >= 4 is 27.5 Å². The molecule has 0 atom stereocenters. The quantitative estimate of drug-likeness (QED) is 0.843. The first-order valence-electron chi connectivity index (χ1n) is 5.64. The van der Waals surface area contributed by atoms with Crippen LogP contribution in [0.4, 0.5) is 5.69 Å². The second kappa shape index (κ2) is 5.74. The van der Waals surface area contributed by atoms with Crippen LogP contribution in [-0.4, -0.2) is 15.5 Å². The third-order valence-electron chi connectivity index (χ3n) is 2.58. The number of sulfonamides is 1. The normalized spacial score (nSPS) is 11.3. The molecule has 0 fully saturated rings. The molecule has 0 amide bonds. The maximum absolute atomic E-state index is 11.2. The fourth-order valence-electron chi connectivity index (χ4n) is 1.59. The Bertz CT molecular complexity index is 730. The molecule has 0 heterocycles. The van der Waals surface area contributed by atoms with Gasteiger partial charge in [0.2, 0.25) is 10.0 Å². The van der Waals surface area contributed by atoms with Crippen molar-refractivity contribution in [3.63, 3.8) is 0 Å². The lowest BCUT2D eigenvalue weighted by atomic mass is 10.3. The minimum atomic E-state index is -3.73. The molecule has 0 radical (unpaired) electrons. The number of nitrogen functional groups attached to an aromatic ring is 1. The molecule has 0 spiro atoms. The summed E-state index contributed by atoms with van der Waals surface area (Å²) in [6.07, 6.45) is 0. The maximum Gasteiger partial charge on any atom is 0.238 e. The van der Waals surface area contributed by atoms with Crippen LogP contribution in [0.2, 0.25) is 0 Å². The Balaban J connectivity index is 2.30. The van der Waals surface area contributed by atoms with E-state index in [0.717, 1.165) is 15.5 Å². The van der Waals surface area contributed by atoms with Crippen molar-refractivity contribution in [2.75, 3.05) is 12.8 Å². The lowest BCUT2D eigenvalue weighted by molar-refractivity contribution is 0.413. The molecular formula is C13H14N2O3S2. The van der Waals surface area contributed by atoms with Crippen LogP contribution in [0, 0.1) is 0 Å². The van der Waals surface area contributed by atoms with E-state index < -0.39 is 10.0 Å². The van der Waals surface area contributed by atoms with E-state index in [1.807, 2.05) is 24.3 Å². The molecule has 5 nitrogen and oxygen atoms in total. The first-order valence-corrected chi connectivity index (χ1v) is 8.00. The Labute approximate surface area is 122 Å². The summed E-state index contributed by atoms with van der Waals surface area (Å²) in [5, 5.41) is 5.06. The molecule has 0 aliphatic heterocycles. The highest BCUT2D eigenvalue weighted by molar-refractivity contribution is 7.99. The predicted octanol–water partition coefficient (Wildman–Crippen LogP) is 2.08. The number of nitrogens with two attached hydrogens (primary N) is 2. The van der Waals surface area contributed by atoms with E-state index in [1.54, 1.807) is 13.2 Å². The van der Waals surface area contributed by atoms with Crippen molar-refractivity contribution in [3.05, 3.63) is 42.5 Å². The van der Waals surface area contributed by atoms with Gasteiger partial charge in [-0.2, -0.15) is 0 Å². The smallest absolute Gasteiger partial charge is 0.238 e. The SMILES string of the molecule is COc1cccc(Sc2ccc(S(N)(=O)=O)cc2N)c1. The number of benzene rings is 2. The first-order chi connectivity index (χ1) is 9.40. The molecule has 20 heavy (non-hydrogen) atoms. The van der Waals surface area contributed by atoms with Crippen molar-refractivity contribution in [2.24, 2.45) is 5.14 Å². The highest BCUT2D eigenvalue weighted by Crippen LogP contribution is 2.34. The van der Waals surface area contributed by atoms with Crippen LogP contribution in [0.5, 0.6) is 5.75 Å². The Kier molecular flexibility index (Phi) is 4.22. The zero-order valence-electron chi connectivity index (χ0n) is 10.7. The standard InChI is InChI=1S/C13H14N2O3S2/c1-18-9-3-2-4-10(7-9)19-13-6-5-11(8-12(13)14)20(15,16)17/h2-8H,14H2,1H3,(H2,15,16,17). The Morgan fingerprint density at radius 1 is 1.15 bits per heavy atom. The number of anilines is 1. The van der Waals surface area contributed by atoms with E-state index >= 15 is 0 Å². The number of primary sulfonamides is 1. The lowest BCUT2D eigenvalue weighted by Crippen LogP contribution is -2.12. The van der Waals surface area contributed by atoms with Gasteiger partial charge in [0, 0.05) is 15.5 Å². The zero-order chi connectivity index (χ0) is 14.8. The van der Waals surface area contributed by atoms with Crippen molar-refractivity contribution in [1.29, 1.82) is 0 Å². The number of methoxy groups -OCH3 is 1. The van der Waals surface area contributed by atoms with Crippen molar-refractivity contribution in [2.45, 2.75) is 14.7 Å². The van der Waals surface area contributed by atoms with Gasteiger partial charge in [-0.1, -0.05) is 17.8 Å². The molecule has 0 aliphatic carbocycles. The zero-order valence-corrected chi connectivity index (χ0v) is 12.4. The highest BCUT2D eigenvalue weighted by atomic mass is 32.2. The largest absolute Gasteiger partial charge is 0.497 e. The lowest BCUT2D eigenvalue weighted by Gasteiger charge is -2.08. The van der Waals surface area contributed by atoms with Gasteiger partial charge >= 0.3 is 0 Å². The van der Waals surface area contributed by atoms with Crippen LogP contribution in [0.1, 0.15) is 0 Å². The van der Waals surface area contributed by atoms with E-state index in [1.165, 1.54) is 23.9 Å². The van der Waals surface area contributed by atoms with Crippen LogP contribution in [0.3, 0.4) is 0 Å². The van der Waals surface area contributed by atoms with Gasteiger partial charge in [-0.3, -0.25) is 0 Å². The Morgan fingerprint density at radius 3 is 2.50 bits per heavy atom. The summed E-state index contributed by atoms with van der Waals surface area (Å²) in [5.41, 5.74) is 6.23. The van der Waals surface area contributed by atoms with E-state index in [9.17, 15) is 8.42 Å². The minimum Gasteiger partial charge on any atom is -0.497 e. The molecule has 0 saturated carbocycles. The summed E-state index contributed by atoms with van der Waals surface area (Å²) >= 11 is 1.42. The molecule has 0 saturated heterocycles. The van der Waals surface area contributed by atoms with E-state index in [2.05, 4.69) is 0 Å². The Hall–Kier alpha value is -1.70. The number of ether oxygens (including phenoxy) is 1. The van der Waals surface area contributed by atoms with Gasteiger partial charge in [0.05, 0.1) is 12.0 Å². The summed E-state index contributed by atoms with van der Waals surface area (Å²) in [5.74, 6) is 0.745. The molecule has 2 aromatic rings.